The van der Waals surface area contributed by atoms with Crippen LogP contribution in [-0.2, 0) is 20.9 Å². The molecule has 18 nitrogen and oxygen atoms in total. The van der Waals surface area contributed by atoms with Crippen LogP contribution in [0.5, 0.6) is 5.75 Å². The largest absolute Gasteiger partial charge is 0.445 e. The van der Waals surface area contributed by atoms with E-state index < -0.39 is 52.5 Å². The Morgan fingerprint density at radius 1 is 0.806 bits per heavy atom. The number of piperidine rings is 2. The minimum Gasteiger partial charge on any atom is -0.445 e. The number of hydrogen-bond acceptors (Lipinski definition) is 10. The molecule has 4 aromatic rings. The third-order valence-corrected chi connectivity index (χ3v) is 10.7. The number of ether oxygens (including phenoxy) is 2. The van der Waals surface area contributed by atoms with Gasteiger partial charge in [-0.3, -0.25) is 19.7 Å². The van der Waals surface area contributed by atoms with Crippen LogP contribution in [0.1, 0.15) is 38.7 Å². The molecule has 2 aliphatic rings. The molecule has 360 valence electrons. The second kappa shape index (κ2) is 26.5. The van der Waals surface area contributed by atoms with Crippen LogP contribution in [-0.4, -0.2) is 96.1 Å². The van der Waals surface area contributed by atoms with Crippen molar-refractivity contribution in [3.63, 3.8) is 0 Å². The third-order valence-electron chi connectivity index (χ3n) is 10.1. The Bertz CT molecular complexity index is 2320. The molecule has 0 unspecified atom stereocenters. The number of halogens is 4. The van der Waals surface area contributed by atoms with E-state index in [0.717, 1.165) is 11.6 Å². The van der Waals surface area contributed by atoms with E-state index in [1.165, 1.54) is 59.5 Å². The fraction of sp³-hybridized carbons (Fsp3) is 0.356. The lowest BCUT2D eigenvalue weighted by Crippen LogP contribution is -2.70. The van der Waals surface area contributed by atoms with Gasteiger partial charge >= 0.3 is 18.2 Å². The summed E-state index contributed by atoms with van der Waals surface area (Å²) in [5.74, 6) is -3.25. The van der Waals surface area contributed by atoms with Gasteiger partial charge in [-0.25, -0.2) is 23.2 Å². The number of carbonyl (C=O) groups excluding carboxylic acids is 5. The zero-order valence-corrected chi connectivity index (χ0v) is 38.4. The first kappa shape index (κ1) is 53.0. The zero-order chi connectivity index (χ0) is 49.0. The van der Waals surface area contributed by atoms with Crippen molar-refractivity contribution >= 4 is 70.3 Å². The molecule has 0 aliphatic carbocycles. The van der Waals surface area contributed by atoms with Gasteiger partial charge in [-0.1, -0.05) is 67.4 Å². The summed E-state index contributed by atoms with van der Waals surface area (Å²) in [6.45, 7) is 5.75. The molecule has 4 atom stereocenters. The van der Waals surface area contributed by atoms with Gasteiger partial charge in [-0.2, -0.15) is 0 Å². The van der Waals surface area contributed by atoms with Gasteiger partial charge in [-0.15, -0.1) is 0 Å². The van der Waals surface area contributed by atoms with Crippen LogP contribution >= 0.6 is 23.2 Å². The molecule has 6 rings (SSSR count). The van der Waals surface area contributed by atoms with Gasteiger partial charge < -0.3 is 52.0 Å². The van der Waals surface area contributed by atoms with Crippen molar-refractivity contribution in [2.45, 2.75) is 51.8 Å². The Hall–Kier alpha value is -6.61. The van der Waals surface area contributed by atoms with Crippen molar-refractivity contribution in [3.8, 4) is 5.75 Å². The number of nitro groups is 1. The lowest BCUT2D eigenvalue weighted by Gasteiger charge is -2.36. The topological polar surface area (TPSA) is 255 Å². The lowest BCUT2D eigenvalue weighted by atomic mass is 9.93. The summed E-state index contributed by atoms with van der Waals surface area (Å²) in [5, 5.41) is 21.5. The fourth-order valence-corrected chi connectivity index (χ4v) is 7.12. The quantitative estimate of drug-likeness (QED) is 0.0505. The summed E-state index contributed by atoms with van der Waals surface area (Å²) in [7, 11) is 0. The first-order valence-corrected chi connectivity index (χ1v) is 22.1. The van der Waals surface area contributed by atoms with E-state index in [-0.39, 0.29) is 71.3 Å². The number of nitrogens with two attached hydrogens (primary N) is 1. The second-order valence-corrected chi connectivity index (χ2v) is 16.0. The normalized spacial score (nSPS) is 17.5. The average molecular weight is 974 g/mol. The minimum atomic E-state index is -0.826. The van der Waals surface area contributed by atoms with E-state index in [4.69, 9.17) is 38.4 Å². The summed E-state index contributed by atoms with van der Waals surface area (Å²) in [6, 6.07) is 20.9. The van der Waals surface area contributed by atoms with E-state index in [9.17, 15) is 42.9 Å². The first-order valence-electron chi connectivity index (χ1n) is 21.3. The molecule has 0 spiro atoms. The number of amides is 6. The molecule has 2 fully saturated rings. The molecule has 0 saturated carbocycles. The maximum absolute atomic E-state index is 13.9. The smallest absolute Gasteiger partial charge is 0.415 e. The average Bonchev–Trinajstić information content (AvgIpc) is 3.31. The Labute approximate surface area is 395 Å². The van der Waals surface area contributed by atoms with Crippen LogP contribution in [0, 0.1) is 33.6 Å². The molecule has 0 bridgehead atoms. The van der Waals surface area contributed by atoms with Crippen LogP contribution in [0.4, 0.5) is 40.2 Å². The molecular weight excluding hydrogens is 919 g/mol. The number of non-ortho nitro benzene ring substituents is 1. The van der Waals surface area contributed by atoms with Crippen molar-refractivity contribution < 1.29 is 52.9 Å². The number of rotatable bonds is 12. The summed E-state index contributed by atoms with van der Waals surface area (Å²) in [6.07, 6.45) is -0.149. The predicted octanol–water partition coefficient (Wildman–Crippen LogP) is 6.58. The third kappa shape index (κ3) is 17.0. The van der Waals surface area contributed by atoms with Crippen LogP contribution < -0.4 is 37.5 Å². The van der Waals surface area contributed by atoms with Gasteiger partial charge in [-0.05, 0) is 73.5 Å². The van der Waals surface area contributed by atoms with E-state index in [2.05, 4.69) is 27.0 Å². The monoisotopic (exact) mass is 972 g/mol. The highest BCUT2D eigenvalue weighted by Crippen LogP contribution is 2.25. The number of carbonyl (C=O) groups is 5. The van der Waals surface area contributed by atoms with Crippen molar-refractivity contribution in [1.82, 2.24) is 20.4 Å². The molecule has 0 aromatic heterocycles. The van der Waals surface area contributed by atoms with Gasteiger partial charge in [0.25, 0.3) is 5.69 Å². The Morgan fingerprint density at radius 2 is 1.37 bits per heavy atom. The standard InChI is InChI=1S/C27H24ClFN4O7.C16H23ClFN5O2.C2H6/c28-23-11-6-19(13-24(23)29)30-25(34)18-12-20(31-26(35)39-16-17-4-2-1-3-5-17)15-32(14-18)27(36)40-22-9-7-21(8-10-22)33(37)38;17-13-3-2-12(7-14(13)18)22-15(24)10-6-11(20)9-23(8-10)16(25)21-5-1-4-19;1-2/h1-11,13,18,20H,12,14-16H2,(H,30,34)(H,31,35);2-3,7,10-11H,1,4-6,8-9,19-20H2,(H,21,25)(H,22,24);1-2H3/p+1/t18-,20+;10-,11+;/m00./s1. The number of nitro benzene ring substituents is 1. The van der Waals surface area contributed by atoms with Gasteiger partial charge in [0.15, 0.2) is 0 Å². The number of benzene rings is 4. The summed E-state index contributed by atoms with van der Waals surface area (Å²) in [4.78, 5) is 76.3. The zero-order valence-electron chi connectivity index (χ0n) is 36.9. The van der Waals surface area contributed by atoms with E-state index in [1.54, 1.807) is 17.0 Å². The number of hydrogen-bond donors (Lipinski definition) is 6. The van der Waals surface area contributed by atoms with Crippen molar-refractivity contribution in [3.05, 3.63) is 128 Å². The fourth-order valence-electron chi connectivity index (χ4n) is 6.88. The van der Waals surface area contributed by atoms with E-state index in [0.29, 0.717) is 44.7 Å². The van der Waals surface area contributed by atoms with Gasteiger partial charge in [0.2, 0.25) is 11.8 Å². The molecule has 67 heavy (non-hydrogen) atoms. The van der Waals surface area contributed by atoms with E-state index in [1.807, 2.05) is 32.0 Å². The molecule has 2 aliphatic heterocycles. The van der Waals surface area contributed by atoms with Gasteiger partial charge in [0, 0.05) is 56.1 Å². The van der Waals surface area contributed by atoms with Gasteiger partial charge in [0.05, 0.1) is 39.4 Å². The SMILES string of the molecule is CC.NCCCNC(=O)N1C[C@H]([NH3+])C[C@H](C(=O)Nc2ccc(Cl)c(F)c2)C1.O=C(N[C@@H]1C[C@H](C(=O)Nc2ccc(Cl)c(F)c2)CN(C(=O)Oc2ccc([N+](=O)[O-])cc2)C1)OCc1ccccc1. The molecule has 9 N–H and O–H groups in total. The van der Waals surface area contributed by atoms with Crippen LogP contribution in [0.15, 0.2) is 91.0 Å². The number of anilines is 2. The Kier molecular flexibility index (Phi) is 21.0. The summed E-state index contributed by atoms with van der Waals surface area (Å²) >= 11 is 11.3. The number of urea groups is 1. The van der Waals surface area contributed by atoms with Crippen molar-refractivity contribution in [1.29, 1.82) is 0 Å². The molecule has 2 saturated heterocycles. The first-order chi connectivity index (χ1) is 32.1. The Balaban J connectivity index is 0.000000312. The predicted molar refractivity (Wildman–Crippen MR) is 247 cm³/mol. The Morgan fingerprint density at radius 3 is 1.93 bits per heavy atom. The number of alkyl carbamates (subject to hydrolysis) is 1. The molecule has 2 heterocycles. The molecule has 0 radical (unpaired) electrons. The summed E-state index contributed by atoms with van der Waals surface area (Å²) in [5.41, 5.74) is 10.5. The molecule has 4 aromatic carbocycles. The highest BCUT2D eigenvalue weighted by molar-refractivity contribution is 6.31. The van der Waals surface area contributed by atoms with Crippen molar-refractivity contribution in [2.24, 2.45) is 17.6 Å². The van der Waals surface area contributed by atoms with Crippen LogP contribution in [0.3, 0.4) is 0 Å². The highest BCUT2D eigenvalue weighted by Gasteiger charge is 2.37. The maximum Gasteiger partial charge on any atom is 0.415 e. The molecule has 6 amide bonds. The number of nitrogens with one attached hydrogen (secondary N) is 4. The lowest BCUT2D eigenvalue weighted by molar-refractivity contribution is -0.427. The number of likely N-dealkylation sites (tertiary alicyclic amines) is 2. The number of quaternary nitrogens is 1. The summed E-state index contributed by atoms with van der Waals surface area (Å²) < 4.78 is 38.0. The van der Waals surface area contributed by atoms with E-state index >= 15 is 0 Å². The van der Waals surface area contributed by atoms with Crippen LogP contribution in [0.2, 0.25) is 10.0 Å². The maximum atomic E-state index is 13.9. The second-order valence-electron chi connectivity index (χ2n) is 15.2. The highest BCUT2D eigenvalue weighted by atomic mass is 35.5. The van der Waals surface area contributed by atoms with Gasteiger partial charge in [0.1, 0.15) is 30.0 Å². The van der Waals surface area contributed by atoms with Crippen LogP contribution in [0.25, 0.3) is 0 Å². The molecular formula is C45H54Cl2F2N9O9+. The van der Waals surface area contributed by atoms with Crippen molar-refractivity contribution in [2.75, 3.05) is 49.9 Å². The molecule has 22 heteroatoms. The number of nitrogens with zero attached hydrogens (tertiary/aromatic N) is 3. The minimum absolute atomic E-state index is 0.00556.